The van der Waals surface area contributed by atoms with E-state index in [1.807, 2.05) is 43.3 Å². The highest BCUT2D eigenvalue weighted by Crippen LogP contribution is 2.21. The maximum absolute atomic E-state index is 14.0. The standard InChI is InChI=1S/C16H19FN2O/c1-19(2)14-9-7-13(8-10-14)18-11-12-5-4-6-15(20-3)16(12)17/h4-10,18H,11H2,1-3H3. The van der Waals surface area contributed by atoms with Gasteiger partial charge in [-0.15, -0.1) is 0 Å². The van der Waals surface area contributed by atoms with Crippen LogP contribution in [0.25, 0.3) is 0 Å². The van der Waals surface area contributed by atoms with Crippen molar-refractivity contribution in [3.63, 3.8) is 0 Å². The molecular weight excluding hydrogens is 255 g/mol. The van der Waals surface area contributed by atoms with Gasteiger partial charge in [0.05, 0.1) is 7.11 Å². The zero-order valence-electron chi connectivity index (χ0n) is 12.0. The molecule has 2 aromatic rings. The lowest BCUT2D eigenvalue weighted by molar-refractivity contribution is 0.384. The van der Waals surface area contributed by atoms with Crippen LogP contribution in [0.3, 0.4) is 0 Å². The van der Waals surface area contributed by atoms with Crippen molar-refractivity contribution < 1.29 is 9.13 Å². The topological polar surface area (TPSA) is 24.5 Å². The number of hydrogen-bond donors (Lipinski definition) is 1. The van der Waals surface area contributed by atoms with Gasteiger partial charge in [-0.25, -0.2) is 4.39 Å². The predicted molar refractivity (Wildman–Crippen MR) is 81.0 cm³/mol. The Labute approximate surface area is 119 Å². The van der Waals surface area contributed by atoms with Gasteiger partial charge < -0.3 is 15.0 Å². The zero-order valence-corrected chi connectivity index (χ0v) is 12.0. The fraction of sp³-hybridized carbons (Fsp3) is 0.250. The van der Waals surface area contributed by atoms with Gasteiger partial charge in [-0.05, 0) is 30.3 Å². The fourth-order valence-corrected chi connectivity index (χ4v) is 1.93. The lowest BCUT2D eigenvalue weighted by Gasteiger charge is -2.14. The number of hydrogen-bond acceptors (Lipinski definition) is 3. The van der Waals surface area contributed by atoms with E-state index in [2.05, 4.69) is 5.32 Å². The Bertz CT molecular complexity index is 567. The van der Waals surface area contributed by atoms with Crippen LogP contribution in [-0.4, -0.2) is 21.2 Å². The molecule has 0 atom stereocenters. The third-order valence-corrected chi connectivity index (χ3v) is 3.13. The first-order valence-electron chi connectivity index (χ1n) is 6.44. The number of ether oxygens (including phenoxy) is 1. The lowest BCUT2D eigenvalue weighted by atomic mass is 10.2. The van der Waals surface area contributed by atoms with Crippen LogP contribution >= 0.6 is 0 Å². The lowest BCUT2D eigenvalue weighted by Crippen LogP contribution is -2.08. The monoisotopic (exact) mass is 274 g/mol. The highest BCUT2D eigenvalue weighted by atomic mass is 19.1. The molecule has 2 rings (SSSR count). The second-order valence-corrected chi connectivity index (χ2v) is 4.73. The van der Waals surface area contributed by atoms with Crippen LogP contribution in [0.15, 0.2) is 42.5 Å². The molecule has 0 aromatic heterocycles. The first-order chi connectivity index (χ1) is 9.61. The Balaban J connectivity index is 2.05. The fourth-order valence-electron chi connectivity index (χ4n) is 1.93. The zero-order chi connectivity index (χ0) is 14.5. The van der Waals surface area contributed by atoms with Crippen LogP contribution in [0.4, 0.5) is 15.8 Å². The third-order valence-electron chi connectivity index (χ3n) is 3.13. The van der Waals surface area contributed by atoms with Gasteiger partial charge in [-0.3, -0.25) is 0 Å². The molecule has 0 amide bonds. The minimum atomic E-state index is -0.313. The Morgan fingerprint density at radius 3 is 2.40 bits per heavy atom. The molecule has 0 saturated carbocycles. The van der Waals surface area contributed by atoms with Crippen LogP contribution in [0.2, 0.25) is 0 Å². The normalized spacial score (nSPS) is 10.2. The maximum Gasteiger partial charge on any atom is 0.170 e. The highest BCUT2D eigenvalue weighted by Gasteiger charge is 2.07. The molecule has 4 heteroatoms. The van der Waals surface area contributed by atoms with E-state index in [-0.39, 0.29) is 11.6 Å². The summed E-state index contributed by atoms with van der Waals surface area (Å²) in [6.45, 7) is 0.421. The van der Waals surface area contributed by atoms with Gasteiger partial charge in [0.1, 0.15) is 0 Å². The summed E-state index contributed by atoms with van der Waals surface area (Å²) < 4.78 is 18.9. The van der Waals surface area contributed by atoms with E-state index in [1.165, 1.54) is 7.11 Å². The van der Waals surface area contributed by atoms with E-state index < -0.39 is 0 Å². The summed E-state index contributed by atoms with van der Waals surface area (Å²) in [5.41, 5.74) is 2.67. The minimum Gasteiger partial charge on any atom is -0.494 e. The van der Waals surface area contributed by atoms with Gasteiger partial charge in [0.2, 0.25) is 0 Å². The Kier molecular flexibility index (Phi) is 4.45. The maximum atomic E-state index is 14.0. The van der Waals surface area contributed by atoms with Gasteiger partial charge in [-0.1, -0.05) is 12.1 Å². The predicted octanol–water partition coefficient (Wildman–Crippen LogP) is 3.51. The molecule has 106 valence electrons. The van der Waals surface area contributed by atoms with Gasteiger partial charge in [0, 0.05) is 37.6 Å². The Hall–Kier alpha value is -2.23. The average molecular weight is 274 g/mol. The largest absolute Gasteiger partial charge is 0.494 e. The summed E-state index contributed by atoms with van der Waals surface area (Å²) in [7, 11) is 5.46. The molecule has 0 spiro atoms. The molecule has 0 fully saturated rings. The first-order valence-corrected chi connectivity index (χ1v) is 6.44. The number of nitrogens with one attached hydrogen (secondary N) is 1. The van der Waals surface area contributed by atoms with E-state index in [0.29, 0.717) is 12.1 Å². The molecule has 1 N–H and O–H groups in total. The van der Waals surface area contributed by atoms with E-state index >= 15 is 0 Å². The van der Waals surface area contributed by atoms with Crippen LogP contribution in [0.1, 0.15) is 5.56 Å². The molecule has 0 saturated heterocycles. The van der Waals surface area contributed by atoms with Crippen LogP contribution < -0.4 is 15.0 Å². The molecule has 20 heavy (non-hydrogen) atoms. The summed E-state index contributed by atoms with van der Waals surface area (Å²) in [4.78, 5) is 2.03. The van der Waals surface area contributed by atoms with Crippen molar-refractivity contribution >= 4 is 11.4 Å². The number of rotatable bonds is 5. The van der Waals surface area contributed by atoms with E-state index in [9.17, 15) is 4.39 Å². The molecule has 0 unspecified atom stereocenters. The van der Waals surface area contributed by atoms with E-state index in [1.54, 1.807) is 18.2 Å². The molecular formula is C16H19FN2O. The number of methoxy groups -OCH3 is 1. The second kappa shape index (κ2) is 6.28. The van der Waals surface area contributed by atoms with Gasteiger partial charge in [0.15, 0.2) is 11.6 Å². The van der Waals surface area contributed by atoms with Crippen molar-refractivity contribution in [3.05, 3.63) is 53.8 Å². The molecule has 0 heterocycles. The summed E-state index contributed by atoms with van der Waals surface area (Å²) in [6, 6.07) is 13.1. The second-order valence-electron chi connectivity index (χ2n) is 4.73. The molecule has 0 radical (unpaired) electrons. The summed E-state index contributed by atoms with van der Waals surface area (Å²) in [5, 5.41) is 3.21. The van der Waals surface area contributed by atoms with Crippen molar-refractivity contribution in [2.45, 2.75) is 6.54 Å². The van der Waals surface area contributed by atoms with Crippen molar-refractivity contribution in [1.82, 2.24) is 0 Å². The minimum absolute atomic E-state index is 0.271. The molecule has 0 bridgehead atoms. The number of benzene rings is 2. The molecule has 0 aliphatic heterocycles. The Morgan fingerprint density at radius 2 is 1.80 bits per heavy atom. The number of nitrogens with zero attached hydrogens (tertiary/aromatic N) is 1. The SMILES string of the molecule is COc1cccc(CNc2ccc(N(C)C)cc2)c1F. The number of anilines is 2. The summed E-state index contributed by atoms with van der Waals surface area (Å²) in [5.74, 6) is -0.0420. The smallest absolute Gasteiger partial charge is 0.170 e. The highest BCUT2D eigenvalue weighted by molar-refractivity contribution is 5.54. The number of halogens is 1. The average Bonchev–Trinajstić information content (AvgIpc) is 2.46. The first kappa shape index (κ1) is 14.2. The van der Waals surface area contributed by atoms with Crippen molar-refractivity contribution in [2.75, 3.05) is 31.4 Å². The molecule has 0 aliphatic carbocycles. The molecule has 3 nitrogen and oxygen atoms in total. The van der Waals surface area contributed by atoms with Crippen LogP contribution in [0.5, 0.6) is 5.75 Å². The third kappa shape index (κ3) is 3.20. The van der Waals surface area contributed by atoms with Crippen molar-refractivity contribution in [1.29, 1.82) is 0 Å². The molecule has 2 aromatic carbocycles. The molecule has 0 aliphatic rings. The van der Waals surface area contributed by atoms with Crippen LogP contribution in [0, 0.1) is 5.82 Å². The van der Waals surface area contributed by atoms with E-state index in [4.69, 9.17) is 4.74 Å². The summed E-state index contributed by atoms with van der Waals surface area (Å²) in [6.07, 6.45) is 0. The van der Waals surface area contributed by atoms with Gasteiger partial charge in [0.25, 0.3) is 0 Å². The van der Waals surface area contributed by atoms with Gasteiger partial charge in [-0.2, -0.15) is 0 Å². The van der Waals surface area contributed by atoms with Crippen molar-refractivity contribution in [2.24, 2.45) is 0 Å². The van der Waals surface area contributed by atoms with Crippen LogP contribution in [-0.2, 0) is 6.54 Å². The van der Waals surface area contributed by atoms with E-state index in [0.717, 1.165) is 11.4 Å². The Morgan fingerprint density at radius 1 is 1.10 bits per heavy atom. The van der Waals surface area contributed by atoms with Gasteiger partial charge >= 0.3 is 0 Å². The summed E-state index contributed by atoms with van der Waals surface area (Å²) >= 11 is 0. The quantitative estimate of drug-likeness (QED) is 0.903. The van der Waals surface area contributed by atoms with Crippen molar-refractivity contribution in [3.8, 4) is 5.75 Å².